The molecule has 0 aliphatic rings. The molecular formula is C15H24ClN. The van der Waals surface area contributed by atoms with Crippen LogP contribution < -0.4 is 5.32 Å². The average molecular weight is 254 g/mol. The first kappa shape index (κ1) is 14.5. The third kappa shape index (κ3) is 5.56. The molecule has 1 aromatic rings. The summed E-state index contributed by atoms with van der Waals surface area (Å²) in [6.45, 7) is 7.39. The maximum atomic E-state index is 6.12. The first-order chi connectivity index (χ1) is 8.02. The fraction of sp³-hybridized carbons (Fsp3) is 0.600. The molecule has 0 spiro atoms. The van der Waals surface area contributed by atoms with Gasteiger partial charge in [-0.15, -0.1) is 11.6 Å². The summed E-state index contributed by atoms with van der Waals surface area (Å²) in [5.41, 5.74) is 1.45. The van der Waals surface area contributed by atoms with E-state index in [1.807, 2.05) is 6.92 Å². The van der Waals surface area contributed by atoms with Gasteiger partial charge in [0.15, 0.2) is 0 Å². The number of aryl methyl sites for hydroxylation is 1. The van der Waals surface area contributed by atoms with Crippen molar-refractivity contribution < 1.29 is 0 Å². The van der Waals surface area contributed by atoms with Crippen molar-refractivity contribution in [2.75, 3.05) is 6.54 Å². The zero-order valence-corrected chi connectivity index (χ0v) is 11.9. The standard InChI is InChI=1S/C15H24ClN/c1-13(16)15(2,3)17-12-8-7-11-14-9-5-4-6-10-14/h4-6,9-10,13,17H,7-8,11-12H2,1-3H3. The van der Waals surface area contributed by atoms with E-state index in [0.717, 1.165) is 6.54 Å². The fourth-order valence-corrected chi connectivity index (χ4v) is 1.73. The van der Waals surface area contributed by atoms with Crippen LogP contribution in [0, 0.1) is 0 Å². The van der Waals surface area contributed by atoms with E-state index in [-0.39, 0.29) is 10.9 Å². The zero-order chi connectivity index (χ0) is 12.7. The molecule has 0 saturated heterocycles. The van der Waals surface area contributed by atoms with Crippen LogP contribution in [0.5, 0.6) is 0 Å². The summed E-state index contributed by atoms with van der Waals surface area (Å²) >= 11 is 6.12. The molecule has 0 aromatic heterocycles. The van der Waals surface area contributed by atoms with E-state index in [1.165, 1.54) is 24.8 Å². The summed E-state index contributed by atoms with van der Waals surface area (Å²) in [4.78, 5) is 0. The molecule has 1 atom stereocenters. The van der Waals surface area contributed by atoms with E-state index in [9.17, 15) is 0 Å². The van der Waals surface area contributed by atoms with Gasteiger partial charge >= 0.3 is 0 Å². The first-order valence-corrected chi connectivity index (χ1v) is 6.89. The van der Waals surface area contributed by atoms with Crippen LogP contribution in [0.4, 0.5) is 0 Å². The Morgan fingerprint density at radius 2 is 1.82 bits per heavy atom. The summed E-state index contributed by atoms with van der Waals surface area (Å²) in [5, 5.41) is 3.66. The maximum Gasteiger partial charge on any atom is 0.0484 e. The molecule has 2 heteroatoms. The van der Waals surface area contributed by atoms with Gasteiger partial charge in [-0.05, 0) is 52.1 Å². The van der Waals surface area contributed by atoms with Crippen LogP contribution in [0.15, 0.2) is 30.3 Å². The number of hydrogen-bond donors (Lipinski definition) is 1. The number of alkyl halides is 1. The Morgan fingerprint density at radius 3 is 2.41 bits per heavy atom. The van der Waals surface area contributed by atoms with Crippen LogP contribution in [0.25, 0.3) is 0 Å². The molecule has 0 bridgehead atoms. The molecule has 0 fully saturated rings. The Hall–Kier alpha value is -0.530. The average Bonchev–Trinajstić information content (AvgIpc) is 2.29. The van der Waals surface area contributed by atoms with Gasteiger partial charge in [0, 0.05) is 10.9 Å². The highest BCUT2D eigenvalue weighted by molar-refractivity contribution is 6.21. The van der Waals surface area contributed by atoms with Crippen LogP contribution >= 0.6 is 11.6 Å². The monoisotopic (exact) mass is 253 g/mol. The molecule has 1 N–H and O–H groups in total. The van der Waals surface area contributed by atoms with Crippen molar-refractivity contribution >= 4 is 11.6 Å². The smallest absolute Gasteiger partial charge is 0.0484 e. The third-order valence-electron chi connectivity index (χ3n) is 3.31. The quantitative estimate of drug-likeness (QED) is 0.572. The second-order valence-corrected chi connectivity index (χ2v) is 5.86. The molecule has 1 nitrogen and oxygen atoms in total. The Labute approximate surface area is 111 Å². The molecule has 0 saturated carbocycles. The second kappa shape index (κ2) is 7.03. The van der Waals surface area contributed by atoms with E-state index in [2.05, 4.69) is 49.5 Å². The lowest BCUT2D eigenvalue weighted by molar-refractivity contribution is 0.378. The topological polar surface area (TPSA) is 12.0 Å². The summed E-state index contributed by atoms with van der Waals surface area (Å²) in [5.74, 6) is 0. The summed E-state index contributed by atoms with van der Waals surface area (Å²) in [6, 6.07) is 10.7. The zero-order valence-electron chi connectivity index (χ0n) is 11.2. The largest absolute Gasteiger partial charge is 0.310 e. The van der Waals surface area contributed by atoms with Crippen LogP contribution in [-0.2, 0) is 6.42 Å². The number of hydrogen-bond acceptors (Lipinski definition) is 1. The second-order valence-electron chi connectivity index (χ2n) is 5.21. The Balaban J connectivity index is 2.13. The molecule has 96 valence electrons. The Morgan fingerprint density at radius 1 is 1.18 bits per heavy atom. The van der Waals surface area contributed by atoms with Gasteiger partial charge in [0.1, 0.15) is 0 Å². The predicted octanol–water partition coefficient (Wildman–Crippen LogP) is 4.00. The lowest BCUT2D eigenvalue weighted by Crippen LogP contribution is -2.46. The van der Waals surface area contributed by atoms with Crippen molar-refractivity contribution in [3.05, 3.63) is 35.9 Å². The predicted molar refractivity (Wildman–Crippen MR) is 76.8 cm³/mol. The van der Waals surface area contributed by atoms with Crippen molar-refractivity contribution in [3.63, 3.8) is 0 Å². The molecular weight excluding hydrogens is 230 g/mol. The van der Waals surface area contributed by atoms with E-state index in [1.54, 1.807) is 0 Å². The van der Waals surface area contributed by atoms with Crippen molar-refractivity contribution in [3.8, 4) is 0 Å². The highest BCUT2D eigenvalue weighted by Gasteiger charge is 2.22. The highest BCUT2D eigenvalue weighted by atomic mass is 35.5. The minimum atomic E-state index is 0.0221. The third-order valence-corrected chi connectivity index (χ3v) is 3.86. The molecule has 0 amide bonds. The minimum Gasteiger partial charge on any atom is -0.310 e. The molecule has 0 heterocycles. The lowest BCUT2D eigenvalue weighted by Gasteiger charge is -2.29. The summed E-state index contributed by atoms with van der Waals surface area (Å²) in [6.07, 6.45) is 3.59. The number of unbranched alkanes of at least 4 members (excludes halogenated alkanes) is 1. The molecule has 1 unspecified atom stereocenters. The summed E-state index contributed by atoms with van der Waals surface area (Å²) < 4.78 is 0. The lowest BCUT2D eigenvalue weighted by atomic mass is 10.0. The van der Waals surface area contributed by atoms with Crippen LogP contribution in [-0.4, -0.2) is 17.5 Å². The Kier molecular flexibility index (Phi) is 6.01. The minimum absolute atomic E-state index is 0.0221. The van der Waals surface area contributed by atoms with Crippen molar-refractivity contribution in [1.82, 2.24) is 5.32 Å². The van der Waals surface area contributed by atoms with Gasteiger partial charge in [-0.25, -0.2) is 0 Å². The van der Waals surface area contributed by atoms with Crippen molar-refractivity contribution in [1.29, 1.82) is 0 Å². The van der Waals surface area contributed by atoms with Gasteiger partial charge < -0.3 is 5.32 Å². The van der Waals surface area contributed by atoms with Gasteiger partial charge in [-0.2, -0.15) is 0 Å². The van der Waals surface area contributed by atoms with Crippen LogP contribution in [0.2, 0.25) is 0 Å². The summed E-state index contributed by atoms with van der Waals surface area (Å²) in [7, 11) is 0. The van der Waals surface area contributed by atoms with Gasteiger partial charge in [-0.1, -0.05) is 30.3 Å². The van der Waals surface area contributed by atoms with E-state index in [0.29, 0.717) is 0 Å². The molecule has 17 heavy (non-hydrogen) atoms. The number of halogens is 1. The van der Waals surface area contributed by atoms with Crippen molar-refractivity contribution in [2.24, 2.45) is 0 Å². The molecule has 1 aromatic carbocycles. The first-order valence-electron chi connectivity index (χ1n) is 6.45. The van der Waals surface area contributed by atoms with E-state index in [4.69, 9.17) is 11.6 Å². The molecule has 1 rings (SSSR count). The highest BCUT2D eigenvalue weighted by Crippen LogP contribution is 2.14. The van der Waals surface area contributed by atoms with Gasteiger partial charge in [-0.3, -0.25) is 0 Å². The van der Waals surface area contributed by atoms with Gasteiger partial charge in [0.05, 0.1) is 0 Å². The maximum absolute atomic E-state index is 6.12. The van der Waals surface area contributed by atoms with Crippen LogP contribution in [0.3, 0.4) is 0 Å². The van der Waals surface area contributed by atoms with Crippen molar-refractivity contribution in [2.45, 2.75) is 50.9 Å². The van der Waals surface area contributed by atoms with E-state index < -0.39 is 0 Å². The van der Waals surface area contributed by atoms with Crippen LogP contribution in [0.1, 0.15) is 39.2 Å². The SMILES string of the molecule is CC(Cl)C(C)(C)NCCCCc1ccccc1. The molecule has 0 radical (unpaired) electrons. The Bertz CT molecular complexity index is 306. The number of benzene rings is 1. The van der Waals surface area contributed by atoms with Gasteiger partial charge in [0.25, 0.3) is 0 Å². The molecule has 0 aliphatic heterocycles. The number of rotatable bonds is 7. The molecule has 0 aliphatic carbocycles. The number of nitrogens with one attached hydrogen (secondary N) is 1. The normalized spacial score (nSPS) is 13.6. The fourth-order valence-electron chi connectivity index (χ4n) is 1.65. The van der Waals surface area contributed by atoms with Gasteiger partial charge in [0.2, 0.25) is 0 Å². The van der Waals surface area contributed by atoms with E-state index >= 15 is 0 Å².